The van der Waals surface area contributed by atoms with Crippen LogP contribution in [-0.4, -0.2) is 106 Å². The van der Waals surface area contributed by atoms with Crippen molar-refractivity contribution < 1.29 is 125 Å². The molecule has 5 aromatic carbocycles. The second kappa shape index (κ2) is 52.0. The molecule has 21 nitrogen and oxygen atoms in total. The number of rotatable bonds is 12. The van der Waals surface area contributed by atoms with Gasteiger partial charge in [-0.05, 0) is 143 Å². The zero-order valence-electron chi connectivity index (χ0n) is 63.0. The molecule has 99 heavy (non-hydrogen) atoms. The maximum atomic E-state index is 11.3. The van der Waals surface area contributed by atoms with E-state index in [0.29, 0.717) is 46.9 Å². The van der Waals surface area contributed by atoms with Crippen LogP contribution in [0.4, 0.5) is 31.4 Å². The van der Waals surface area contributed by atoms with Gasteiger partial charge in [-0.1, -0.05) is 206 Å². The molecule has 0 aliphatic rings. The Bertz CT molecular complexity index is 3150. The van der Waals surface area contributed by atoms with Gasteiger partial charge in [-0.25, -0.2) is 14.4 Å². The average molecular weight is 1440 g/mol. The van der Waals surface area contributed by atoms with E-state index >= 15 is 0 Å². The normalized spacial score (nSPS) is 10.3. The van der Waals surface area contributed by atoms with Crippen molar-refractivity contribution in [1.29, 1.82) is 0 Å². The summed E-state index contributed by atoms with van der Waals surface area (Å²) in [5.74, 6) is 1.43. The Hall–Kier alpha value is -6.08. The van der Waals surface area contributed by atoms with Gasteiger partial charge < -0.3 is 60.2 Å². The SMILES string of the molecule is C.C.C.CCN(CC)CC.CCc1cc(C(C)(C)C)c(O)cc1N.CCc1cc(C(C)(C)C)c(O)cc1[N+](=O)[O-].CCc1cc(C(C)(C)C)c(OC(=O)OC)cc1[N+](=O)[O-].CCc1ccc(O)c(C(C)(C)C)c1.CCc1ccc(OC(=O)OC)c(C(C)(C)C)c1.CO.COC(=O)Cl.[K+].[OH-]. The van der Waals surface area contributed by atoms with E-state index in [0.717, 1.165) is 59.8 Å². The number of aromatic hydroxyl groups is 3. The molecule has 23 heteroatoms. The third-order valence-corrected chi connectivity index (χ3v) is 14.5. The molecular formula is C76H128ClKN4O17. The predicted octanol–water partition coefficient (Wildman–Crippen LogP) is 17.2. The molecule has 0 saturated carbocycles. The van der Waals surface area contributed by atoms with Crippen molar-refractivity contribution in [3.05, 3.63) is 149 Å². The number of carbonyl (C=O) groups excluding carboxylic acids is 3. The number of benzene rings is 5. The number of aliphatic hydroxyl groups is 1. The number of hydrogen-bond donors (Lipinski definition) is 5. The Morgan fingerprint density at radius 3 is 1.05 bits per heavy atom. The summed E-state index contributed by atoms with van der Waals surface area (Å²) in [6, 6.07) is 21.4. The summed E-state index contributed by atoms with van der Waals surface area (Å²) in [7, 11) is 4.71. The predicted molar refractivity (Wildman–Crippen MR) is 403 cm³/mol. The van der Waals surface area contributed by atoms with Crippen molar-refractivity contribution in [3.63, 3.8) is 0 Å². The maximum Gasteiger partial charge on any atom is 1.00 e. The molecule has 0 aliphatic carbocycles. The summed E-state index contributed by atoms with van der Waals surface area (Å²) >= 11 is 4.60. The number of aliphatic hydroxyl groups excluding tert-OH is 1. The minimum atomic E-state index is -0.894. The van der Waals surface area contributed by atoms with E-state index in [-0.39, 0.29) is 129 Å². The molecule has 0 atom stereocenters. The molecule has 0 saturated heterocycles. The first-order valence-electron chi connectivity index (χ1n) is 31.6. The van der Waals surface area contributed by atoms with Gasteiger partial charge in [0.1, 0.15) is 28.7 Å². The molecule has 0 fully saturated rings. The Balaban J connectivity index is -0.000000165. The Morgan fingerprint density at radius 2 is 0.747 bits per heavy atom. The van der Waals surface area contributed by atoms with E-state index in [1.54, 1.807) is 24.3 Å². The minimum Gasteiger partial charge on any atom is -0.870 e. The van der Waals surface area contributed by atoms with Gasteiger partial charge >= 0.3 is 69.1 Å². The van der Waals surface area contributed by atoms with Gasteiger partial charge in [-0.15, -0.1) is 0 Å². The molecule has 562 valence electrons. The first-order valence-corrected chi connectivity index (χ1v) is 32.0. The molecular weight excluding hydrogens is 1320 g/mol. The van der Waals surface area contributed by atoms with Crippen LogP contribution in [-0.2, 0) is 73.4 Å². The molecule has 0 spiro atoms. The fourth-order valence-electron chi connectivity index (χ4n) is 8.78. The number of methoxy groups -OCH3 is 3. The second-order valence-corrected chi connectivity index (χ2v) is 26.7. The summed E-state index contributed by atoms with van der Waals surface area (Å²) in [5.41, 5.74) is 14.4. The van der Waals surface area contributed by atoms with Crippen molar-refractivity contribution in [1.82, 2.24) is 4.90 Å². The first-order chi connectivity index (χ1) is 43.3. The van der Waals surface area contributed by atoms with Crippen molar-refractivity contribution in [2.45, 2.75) is 241 Å². The van der Waals surface area contributed by atoms with E-state index in [4.69, 9.17) is 20.3 Å². The van der Waals surface area contributed by atoms with Gasteiger partial charge in [0.25, 0.3) is 11.4 Å². The van der Waals surface area contributed by atoms with Crippen LogP contribution in [0.2, 0.25) is 0 Å². The quantitative estimate of drug-likeness (QED) is 0.0113. The number of phenols is 3. The molecule has 7 N–H and O–H groups in total. The van der Waals surface area contributed by atoms with Gasteiger partial charge in [-0.3, -0.25) is 20.2 Å². The molecule has 0 bridgehead atoms. The smallest absolute Gasteiger partial charge is 0.870 e. The van der Waals surface area contributed by atoms with Crippen LogP contribution in [0.3, 0.4) is 0 Å². The van der Waals surface area contributed by atoms with Crippen LogP contribution in [0.5, 0.6) is 28.7 Å². The van der Waals surface area contributed by atoms with Crippen molar-refractivity contribution >= 4 is 46.4 Å². The molecule has 0 amide bonds. The molecule has 0 heterocycles. The standard InChI is InChI=1S/C14H19NO5.C14H20O3.C12H17NO3.C12H19NO.C12H18O.C6H15N.C2H3ClO2.CH4O.3CH4.K.H2O/c1-6-9-7-10(14(2,3)4)12(20-13(16)19-5)8-11(9)15(17)18;1-6-10-7-8-12(17-13(15)16-5)11(9-10)14(2,3)4;1-5-8-6-9(12(2,3)4)11(14)7-10(8)13(15)16;1-5-8-6-9(12(2,3)4)11(14)7-10(8)13;1-5-9-6-7-11(13)10(8-9)12(2,3)4;1-4-7(5-2)6-3;1-5-2(3)4;1-2;;;;;/h7-8H,6H2,1-5H3;7-9H,6H2,1-5H3;6-7,14H,5H2,1-4H3;6-7,14H,5,13H2,1-4H3;6-8,13H,5H2,1-4H3;4-6H2,1-3H3;1H3;2H,1H3;3*1H4;;1H2/q;;;;;;;;;;;+1;/p-1. The number of phenolic OH excluding ortho intramolecular Hbond substituents is 3. The fraction of sp³-hybridized carbons (Fsp3) is 0.566. The fourth-order valence-corrected chi connectivity index (χ4v) is 8.78. The summed E-state index contributed by atoms with van der Waals surface area (Å²) in [5, 5.41) is 58.1. The van der Waals surface area contributed by atoms with Gasteiger partial charge in [0.05, 0.1) is 43.3 Å². The van der Waals surface area contributed by atoms with Crippen LogP contribution < -0.4 is 66.6 Å². The zero-order valence-corrected chi connectivity index (χ0v) is 66.9. The molecule has 0 aliphatic heterocycles. The van der Waals surface area contributed by atoms with E-state index in [1.165, 1.54) is 64.2 Å². The molecule has 5 aromatic rings. The number of nitrogen functional groups attached to an aromatic ring is 1. The number of anilines is 1. The van der Waals surface area contributed by atoms with Gasteiger partial charge in [0, 0.05) is 52.7 Å². The van der Waals surface area contributed by atoms with Gasteiger partial charge in [0.2, 0.25) is 0 Å². The largest absolute Gasteiger partial charge is 1.00 e. The summed E-state index contributed by atoms with van der Waals surface area (Å²) in [6.07, 6.45) is 2.41. The Labute approximate surface area is 643 Å². The number of halogens is 1. The molecule has 0 radical (unpaired) electrons. The number of carbonyl (C=O) groups is 3. The van der Waals surface area contributed by atoms with Crippen molar-refractivity contribution in [2.75, 3.05) is 53.8 Å². The summed E-state index contributed by atoms with van der Waals surface area (Å²) in [6.45, 7) is 50.7. The number of aryl methyl sites for hydroxylation is 5. The van der Waals surface area contributed by atoms with Crippen LogP contribution in [0.15, 0.2) is 72.8 Å². The summed E-state index contributed by atoms with van der Waals surface area (Å²) < 4.78 is 23.0. The second-order valence-electron chi connectivity index (χ2n) is 26.4. The summed E-state index contributed by atoms with van der Waals surface area (Å²) in [4.78, 5) is 55.1. The van der Waals surface area contributed by atoms with Crippen LogP contribution >= 0.6 is 11.6 Å². The molecule has 5 rings (SSSR count). The number of nitro benzene ring substituents is 2. The van der Waals surface area contributed by atoms with Gasteiger partial charge in [-0.2, -0.15) is 0 Å². The zero-order chi connectivity index (χ0) is 74.0. The topological polar surface area (TPSA) is 324 Å². The number of ether oxygens (including phenoxy) is 5. The number of nitro groups is 2. The number of nitrogens with two attached hydrogens (primary N) is 1. The third-order valence-electron chi connectivity index (χ3n) is 14.4. The first kappa shape index (κ1) is 109. The van der Waals surface area contributed by atoms with Crippen molar-refractivity contribution in [3.8, 4) is 28.7 Å². The maximum absolute atomic E-state index is 11.3. The van der Waals surface area contributed by atoms with Gasteiger partial charge in [0.15, 0.2) is 0 Å². The molecule has 0 unspecified atom stereocenters. The van der Waals surface area contributed by atoms with Crippen molar-refractivity contribution in [2.24, 2.45) is 0 Å². The third kappa shape index (κ3) is 40.2. The van der Waals surface area contributed by atoms with Crippen LogP contribution in [0, 0.1) is 20.2 Å². The Morgan fingerprint density at radius 1 is 0.455 bits per heavy atom. The Kier molecular flexibility index (Phi) is 57.1. The van der Waals surface area contributed by atoms with E-state index in [1.807, 2.05) is 79.7 Å². The molecule has 0 aromatic heterocycles. The van der Waals surface area contributed by atoms with Crippen LogP contribution in [0.25, 0.3) is 0 Å². The van der Waals surface area contributed by atoms with E-state index in [2.05, 4.69) is 147 Å². The van der Waals surface area contributed by atoms with E-state index < -0.39 is 27.6 Å². The minimum absolute atomic E-state index is 0. The van der Waals surface area contributed by atoms with E-state index in [9.17, 15) is 49.9 Å². The van der Waals surface area contributed by atoms with Crippen LogP contribution in [0.1, 0.15) is 237 Å². The number of hydrogen-bond acceptors (Lipinski definition) is 19. The average Bonchev–Trinajstić information content (AvgIpc) is 0.818. The monoisotopic (exact) mass is 1440 g/mol. The number of nitrogens with zero attached hydrogens (tertiary/aromatic N) is 3.